The number of anilines is 1. The Hall–Kier alpha value is -2.03. The highest BCUT2D eigenvalue weighted by Gasteiger charge is 2.22. The van der Waals surface area contributed by atoms with Crippen LogP contribution in [0.1, 0.15) is 13.0 Å². The Labute approximate surface area is 151 Å². The van der Waals surface area contributed by atoms with E-state index in [2.05, 4.69) is 15.5 Å². The van der Waals surface area contributed by atoms with Crippen LogP contribution in [-0.4, -0.2) is 20.7 Å². The summed E-state index contributed by atoms with van der Waals surface area (Å²) in [6.45, 7) is 1.67. The van der Waals surface area contributed by atoms with Crippen molar-refractivity contribution in [2.24, 2.45) is 0 Å². The molecular weight excluding hydrogens is 371 g/mol. The van der Waals surface area contributed by atoms with E-state index in [-0.39, 0.29) is 10.7 Å². The first-order valence-electron chi connectivity index (χ1n) is 6.94. The topological polar surface area (TPSA) is 62.7 Å². The number of nitrogens with zero attached hydrogens (tertiary/aromatic N) is 2. The first-order valence-corrected chi connectivity index (χ1v) is 8.60. The minimum Gasteiger partial charge on any atom is -0.322 e. The monoisotopic (exact) mass is 382 g/mol. The lowest BCUT2D eigenvalue weighted by molar-refractivity contribution is -0.118. The molecule has 0 unspecified atom stereocenters. The van der Waals surface area contributed by atoms with Crippen molar-refractivity contribution in [1.29, 1.82) is 0 Å². The van der Waals surface area contributed by atoms with Crippen LogP contribution in [-0.2, 0) is 4.79 Å². The average molecular weight is 383 g/mol. The maximum absolute atomic E-state index is 13.9. The quantitative estimate of drug-likeness (QED) is 0.645. The molecule has 0 radical (unpaired) electrons. The molecular formula is C15H12ClFN4OS2. The molecule has 1 amide bonds. The Balaban J connectivity index is 1.89. The van der Waals surface area contributed by atoms with Crippen molar-refractivity contribution in [1.82, 2.24) is 14.8 Å². The SMILES string of the molecule is C[C@@H](C(=O)Nc1ccc(Cl)cc1F)n1c(-c2cccs2)n[nH]c1=S. The van der Waals surface area contributed by atoms with Gasteiger partial charge in [0, 0.05) is 5.02 Å². The van der Waals surface area contributed by atoms with Crippen LogP contribution in [0.2, 0.25) is 5.02 Å². The molecule has 0 saturated carbocycles. The normalized spacial score (nSPS) is 12.1. The van der Waals surface area contributed by atoms with Gasteiger partial charge < -0.3 is 5.32 Å². The number of carbonyl (C=O) groups excluding carboxylic acids is 1. The van der Waals surface area contributed by atoms with E-state index in [1.807, 2.05) is 17.5 Å². The summed E-state index contributed by atoms with van der Waals surface area (Å²) in [5.41, 5.74) is 0.0592. The molecule has 9 heteroatoms. The highest BCUT2D eigenvalue weighted by atomic mass is 35.5. The van der Waals surface area contributed by atoms with Gasteiger partial charge in [0.1, 0.15) is 11.9 Å². The zero-order chi connectivity index (χ0) is 17.3. The van der Waals surface area contributed by atoms with Gasteiger partial charge in [-0.15, -0.1) is 11.3 Å². The van der Waals surface area contributed by atoms with E-state index in [1.54, 1.807) is 11.5 Å². The van der Waals surface area contributed by atoms with E-state index in [4.69, 9.17) is 23.8 Å². The van der Waals surface area contributed by atoms with Crippen LogP contribution in [0.3, 0.4) is 0 Å². The second-order valence-corrected chi connectivity index (χ2v) is 6.76. The molecule has 0 saturated heterocycles. The summed E-state index contributed by atoms with van der Waals surface area (Å²) < 4.78 is 15.8. The van der Waals surface area contributed by atoms with Crippen molar-refractivity contribution in [2.45, 2.75) is 13.0 Å². The number of hydrogen-bond donors (Lipinski definition) is 2. The lowest BCUT2D eigenvalue weighted by Gasteiger charge is -2.15. The van der Waals surface area contributed by atoms with Crippen molar-refractivity contribution in [3.8, 4) is 10.7 Å². The summed E-state index contributed by atoms with van der Waals surface area (Å²) in [6, 6.07) is 7.15. The van der Waals surface area contributed by atoms with Gasteiger partial charge in [0.15, 0.2) is 10.6 Å². The van der Waals surface area contributed by atoms with E-state index in [0.29, 0.717) is 10.6 Å². The van der Waals surface area contributed by atoms with Crippen LogP contribution in [0, 0.1) is 10.6 Å². The molecule has 2 aromatic heterocycles. The van der Waals surface area contributed by atoms with Crippen molar-refractivity contribution >= 4 is 46.8 Å². The summed E-state index contributed by atoms with van der Waals surface area (Å²) in [5, 5.41) is 11.6. The molecule has 0 aliphatic rings. The zero-order valence-corrected chi connectivity index (χ0v) is 14.8. The van der Waals surface area contributed by atoms with Gasteiger partial charge in [0.05, 0.1) is 10.6 Å². The largest absolute Gasteiger partial charge is 0.322 e. The number of carbonyl (C=O) groups is 1. The predicted octanol–water partition coefficient (Wildman–Crippen LogP) is 4.66. The summed E-state index contributed by atoms with van der Waals surface area (Å²) in [5.74, 6) is -0.446. The molecule has 124 valence electrons. The van der Waals surface area contributed by atoms with E-state index in [1.165, 1.54) is 23.5 Å². The molecule has 1 aromatic carbocycles. The van der Waals surface area contributed by atoms with E-state index < -0.39 is 17.8 Å². The van der Waals surface area contributed by atoms with Crippen LogP contribution in [0.15, 0.2) is 35.7 Å². The molecule has 1 atom stereocenters. The smallest absolute Gasteiger partial charge is 0.247 e. The maximum atomic E-state index is 13.9. The second-order valence-electron chi connectivity index (χ2n) is 4.99. The molecule has 0 bridgehead atoms. The Morgan fingerprint density at radius 1 is 1.50 bits per heavy atom. The van der Waals surface area contributed by atoms with Crippen LogP contribution < -0.4 is 5.32 Å². The minimum absolute atomic E-state index is 0.0592. The molecule has 2 N–H and O–H groups in total. The third-order valence-corrected chi connectivity index (χ3v) is 4.79. The van der Waals surface area contributed by atoms with Gasteiger partial charge in [-0.2, -0.15) is 5.10 Å². The van der Waals surface area contributed by atoms with Gasteiger partial charge in [-0.1, -0.05) is 17.7 Å². The number of aromatic nitrogens is 3. The van der Waals surface area contributed by atoms with Gasteiger partial charge in [0.25, 0.3) is 0 Å². The Kier molecular flexibility index (Phi) is 4.79. The van der Waals surface area contributed by atoms with Gasteiger partial charge in [-0.25, -0.2) is 4.39 Å². The number of nitrogens with one attached hydrogen (secondary N) is 2. The van der Waals surface area contributed by atoms with Gasteiger partial charge in [0.2, 0.25) is 5.91 Å². The number of rotatable bonds is 4. The number of H-pyrrole nitrogens is 1. The van der Waals surface area contributed by atoms with Crippen molar-refractivity contribution in [3.63, 3.8) is 0 Å². The third-order valence-electron chi connectivity index (χ3n) is 3.40. The van der Waals surface area contributed by atoms with E-state index >= 15 is 0 Å². The highest BCUT2D eigenvalue weighted by Crippen LogP contribution is 2.26. The standard InChI is InChI=1S/C15H12ClFN4OS2/c1-8(14(22)18-11-5-4-9(16)7-10(11)17)21-13(19-20-15(21)23)12-3-2-6-24-12/h2-8H,1H3,(H,18,22)(H,20,23)/t8-/m0/s1. The summed E-state index contributed by atoms with van der Waals surface area (Å²) >= 11 is 12.4. The van der Waals surface area contributed by atoms with Crippen molar-refractivity contribution in [3.05, 3.63) is 51.3 Å². The summed E-state index contributed by atoms with van der Waals surface area (Å²) in [7, 11) is 0. The van der Waals surface area contributed by atoms with Crippen LogP contribution in [0.25, 0.3) is 10.7 Å². The molecule has 0 aliphatic carbocycles. The second kappa shape index (κ2) is 6.84. The lowest BCUT2D eigenvalue weighted by Crippen LogP contribution is -2.24. The molecule has 0 spiro atoms. The molecule has 0 aliphatic heterocycles. The molecule has 3 aromatic rings. The summed E-state index contributed by atoms with van der Waals surface area (Å²) in [4.78, 5) is 13.4. The lowest BCUT2D eigenvalue weighted by atomic mass is 10.2. The van der Waals surface area contributed by atoms with Gasteiger partial charge >= 0.3 is 0 Å². The van der Waals surface area contributed by atoms with E-state index in [9.17, 15) is 9.18 Å². The van der Waals surface area contributed by atoms with Gasteiger partial charge in [-0.3, -0.25) is 14.5 Å². The molecule has 24 heavy (non-hydrogen) atoms. The number of benzene rings is 1. The zero-order valence-electron chi connectivity index (χ0n) is 12.4. The number of hydrogen-bond acceptors (Lipinski definition) is 4. The molecule has 5 nitrogen and oxygen atoms in total. The van der Waals surface area contributed by atoms with Gasteiger partial charge in [-0.05, 0) is 48.8 Å². The maximum Gasteiger partial charge on any atom is 0.247 e. The summed E-state index contributed by atoms with van der Waals surface area (Å²) in [6.07, 6.45) is 0. The average Bonchev–Trinajstić information content (AvgIpc) is 3.18. The van der Waals surface area contributed by atoms with Crippen molar-refractivity contribution < 1.29 is 9.18 Å². The first kappa shape index (κ1) is 16.8. The van der Waals surface area contributed by atoms with Crippen molar-refractivity contribution in [2.75, 3.05) is 5.32 Å². The third kappa shape index (κ3) is 3.26. The molecule has 2 heterocycles. The Bertz CT molecular complexity index is 935. The Morgan fingerprint density at radius 3 is 2.96 bits per heavy atom. The predicted molar refractivity (Wildman–Crippen MR) is 95.5 cm³/mol. The number of aromatic amines is 1. The highest BCUT2D eigenvalue weighted by molar-refractivity contribution is 7.71. The van der Waals surface area contributed by atoms with Crippen LogP contribution in [0.5, 0.6) is 0 Å². The number of thiophene rings is 1. The molecule has 0 fully saturated rings. The van der Waals surface area contributed by atoms with E-state index in [0.717, 1.165) is 10.9 Å². The number of amides is 1. The fourth-order valence-corrected chi connectivity index (χ4v) is 3.35. The Morgan fingerprint density at radius 2 is 2.29 bits per heavy atom. The minimum atomic E-state index is -0.677. The molecule has 3 rings (SSSR count). The number of halogens is 2. The fourth-order valence-electron chi connectivity index (χ4n) is 2.19. The first-order chi connectivity index (χ1) is 11.5. The fraction of sp³-hybridized carbons (Fsp3) is 0.133. The van der Waals surface area contributed by atoms with Crippen LogP contribution in [0.4, 0.5) is 10.1 Å². The van der Waals surface area contributed by atoms with Crippen LogP contribution >= 0.6 is 35.2 Å².